The van der Waals surface area contributed by atoms with Crippen LogP contribution in [0.5, 0.6) is 23.5 Å². The average molecular weight is 595 g/mol. The van der Waals surface area contributed by atoms with Crippen LogP contribution >= 0.6 is 0 Å². The summed E-state index contributed by atoms with van der Waals surface area (Å²) >= 11 is 0. The van der Waals surface area contributed by atoms with E-state index in [-0.39, 0.29) is 34.6 Å². The van der Waals surface area contributed by atoms with Crippen LogP contribution in [0.2, 0.25) is 0 Å². The van der Waals surface area contributed by atoms with E-state index in [0.717, 1.165) is 50.3 Å². The maximum Gasteiger partial charge on any atom is 0.291 e. The van der Waals surface area contributed by atoms with Gasteiger partial charge in [0, 0.05) is 38.8 Å². The van der Waals surface area contributed by atoms with Crippen LogP contribution in [0.1, 0.15) is 62.7 Å². The molecule has 3 aromatic rings. The van der Waals surface area contributed by atoms with Crippen molar-refractivity contribution in [3.63, 3.8) is 0 Å². The molecule has 0 unspecified atom stereocenters. The lowest BCUT2D eigenvalue weighted by Crippen LogP contribution is -2.44. The van der Waals surface area contributed by atoms with Gasteiger partial charge < -0.3 is 39.1 Å². The van der Waals surface area contributed by atoms with Crippen LogP contribution in [0.25, 0.3) is 0 Å². The summed E-state index contributed by atoms with van der Waals surface area (Å²) in [4.78, 5) is 27.1. The van der Waals surface area contributed by atoms with Crippen LogP contribution < -0.4 is 24.8 Å². The number of ether oxygens (including phenoxy) is 3. The molecule has 2 N–H and O–H groups in total. The van der Waals surface area contributed by atoms with Gasteiger partial charge in [-0.25, -0.2) is 0 Å². The summed E-state index contributed by atoms with van der Waals surface area (Å²) in [6, 6.07) is 9.29. The fourth-order valence-electron chi connectivity index (χ4n) is 4.62. The molecule has 0 radical (unpaired) electrons. The first-order valence-corrected chi connectivity index (χ1v) is 15.1. The molecule has 0 aliphatic carbocycles. The molecule has 1 aromatic carbocycles. The highest BCUT2D eigenvalue weighted by Gasteiger charge is 2.23. The van der Waals surface area contributed by atoms with Crippen molar-refractivity contribution in [1.29, 1.82) is 0 Å². The Balaban J connectivity index is 1.44. The smallest absolute Gasteiger partial charge is 0.291 e. The normalized spacial score (nSPS) is 14.4. The Hall–Kier alpha value is -3.83. The maximum atomic E-state index is 13.3. The number of hydrogen-bond acceptors (Lipinski definition) is 10. The molecule has 11 nitrogen and oxygen atoms in total. The number of piperazine rings is 1. The number of aromatic nitrogens is 2. The molecule has 1 aliphatic heterocycles. The molecule has 1 amide bonds. The first-order chi connectivity index (χ1) is 20.6. The van der Waals surface area contributed by atoms with E-state index in [2.05, 4.69) is 64.3 Å². The predicted octanol–water partition coefficient (Wildman–Crippen LogP) is 5.57. The molecule has 3 heterocycles. The molecule has 43 heavy (non-hydrogen) atoms. The number of likely N-dealkylation sites (N-methyl/N-ethyl adjacent to an activating group) is 1. The van der Waals surface area contributed by atoms with Crippen molar-refractivity contribution in [1.82, 2.24) is 19.8 Å². The van der Waals surface area contributed by atoms with Gasteiger partial charge in [-0.2, -0.15) is 9.97 Å². The Kier molecular flexibility index (Phi) is 10.9. The summed E-state index contributed by atoms with van der Waals surface area (Å²) in [6.07, 6.45) is 0.947. The highest BCUT2D eigenvalue weighted by Crippen LogP contribution is 2.35. The molecule has 0 atom stereocenters. The lowest BCUT2D eigenvalue weighted by atomic mass is 9.86. The molecule has 0 saturated carbocycles. The molecule has 11 heteroatoms. The van der Waals surface area contributed by atoms with Crippen LogP contribution in [0.4, 0.5) is 11.6 Å². The predicted molar refractivity (Wildman–Crippen MR) is 168 cm³/mol. The molecule has 2 aromatic heterocycles. The summed E-state index contributed by atoms with van der Waals surface area (Å²) < 4.78 is 23.4. The zero-order valence-corrected chi connectivity index (χ0v) is 26.6. The lowest BCUT2D eigenvalue weighted by molar-refractivity contribution is 0.0990. The van der Waals surface area contributed by atoms with E-state index in [4.69, 9.17) is 18.6 Å². The minimum absolute atomic E-state index is 0.0334. The standard InChI is InChI=1S/C32H46N6O5/c1-8-40-29-27(30(41-9-2)36-31(35-29)33-15-10-16-38-19-17-37(7)18-20-38)34-28(39)24-13-14-26(42-24)43-25-21-23(32(4,5)6)12-11-22(25)3/h11-14,21H,8-10,15-20H2,1-7H3,(H,34,39)(H,33,35,36). The molecular formula is C32H46N6O5. The summed E-state index contributed by atoms with van der Waals surface area (Å²) in [5.74, 6) is 1.25. The van der Waals surface area contributed by atoms with Crippen molar-refractivity contribution in [3.05, 3.63) is 47.2 Å². The fourth-order valence-corrected chi connectivity index (χ4v) is 4.62. The highest BCUT2D eigenvalue weighted by atomic mass is 16.6. The zero-order chi connectivity index (χ0) is 31.0. The SMILES string of the molecule is CCOc1nc(NCCCN2CCN(C)CC2)nc(OCC)c1NC(=O)c1ccc(Oc2cc(C(C)(C)C)ccc2C)o1. The second-order valence-electron chi connectivity index (χ2n) is 11.7. The van der Waals surface area contributed by atoms with Crippen molar-refractivity contribution in [3.8, 4) is 23.5 Å². The van der Waals surface area contributed by atoms with Crippen LogP contribution in [0.3, 0.4) is 0 Å². The van der Waals surface area contributed by atoms with Gasteiger partial charge >= 0.3 is 0 Å². The third-order valence-corrected chi connectivity index (χ3v) is 7.24. The second kappa shape index (κ2) is 14.6. The molecular weight excluding hydrogens is 548 g/mol. The van der Waals surface area contributed by atoms with Gasteiger partial charge in [-0.3, -0.25) is 4.79 Å². The number of carbonyl (C=O) groups is 1. The number of amides is 1. The van der Waals surface area contributed by atoms with Gasteiger partial charge in [0.2, 0.25) is 17.7 Å². The van der Waals surface area contributed by atoms with E-state index in [9.17, 15) is 4.79 Å². The topological polar surface area (TPSA) is 114 Å². The van der Waals surface area contributed by atoms with E-state index < -0.39 is 5.91 Å². The number of rotatable bonds is 13. The number of carbonyl (C=O) groups excluding carboxylic acids is 1. The summed E-state index contributed by atoms with van der Waals surface area (Å²) in [5.41, 5.74) is 2.30. The molecule has 1 fully saturated rings. The van der Waals surface area contributed by atoms with Gasteiger partial charge in [-0.05, 0) is 69.5 Å². The highest BCUT2D eigenvalue weighted by molar-refractivity contribution is 6.03. The van der Waals surface area contributed by atoms with Gasteiger partial charge in [0.25, 0.3) is 11.9 Å². The summed E-state index contributed by atoms with van der Waals surface area (Å²) in [6.45, 7) is 18.8. The largest absolute Gasteiger partial charge is 0.476 e. The molecule has 1 saturated heterocycles. The number of nitrogens with one attached hydrogen (secondary N) is 2. The van der Waals surface area contributed by atoms with E-state index >= 15 is 0 Å². The molecule has 0 bridgehead atoms. The Bertz CT molecular complexity index is 1330. The van der Waals surface area contributed by atoms with Crippen LogP contribution in [-0.4, -0.2) is 85.2 Å². The van der Waals surface area contributed by atoms with Gasteiger partial charge in [-0.15, -0.1) is 0 Å². The van der Waals surface area contributed by atoms with E-state index in [0.29, 0.717) is 31.5 Å². The van der Waals surface area contributed by atoms with Crippen LogP contribution in [0, 0.1) is 6.92 Å². The van der Waals surface area contributed by atoms with E-state index in [1.807, 2.05) is 32.9 Å². The lowest BCUT2D eigenvalue weighted by Gasteiger charge is -2.32. The molecule has 4 rings (SSSR count). The van der Waals surface area contributed by atoms with Crippen molar-refractivity contribution in [2.24, 2.45) is 0 Å². The quantitative estimate of drug-likeness (QED) is 0.244. The van der Waals surface area contributed by atoms with Crippen LogP contribution in [-0.2, 0) is 5.41 Å². The van der Waals surface area contributed by atoms with Crippen molar-refractivity contribution < 1.29 is 23.4 Å². The van der Waals surface area contributed by atoms with E-state index in [1.165, 1.54) is 0 Å². The van der Waals surface area contributed by atoms with Crippen molar-refractivity contribution in [2.75, 3.05) is 70.2 Å². The minimum atomic E-state index is -0.506. The summed E-state index contributed by atoms with van der Waals surface area (Å²) in [5, 5.41) is 6.10. The van der Waals surface area contributed by atoms with Gasteiger partial charge in [0.05, 0.1) is 13.2 Å². The first-order valence-electron chi connectivity index (χ1n) is 15.1. The number of nitrogens with zero attached hydrogens (tertiary/aromatic N) is 4. The molecule has 1 aliphatic rings. The van der Waals surface area contributed by atoms with Gasteiger partial charge in [0.15, 0.2) is 11.4 Å². The Morgan fingerprint density at radius 1 is 1.00 bits per heavy atom. The Morgan fingerprint density at radius 3 is 2.30 bits per heavy atom. The maximum absolute atomic E-state index is 13.3. The summed E-state index contributed by atoms with van der Waals surface area (Å²) in [7, 11) is 2.16. The number of furan rings is 1. The second-order valence-corrected chi connectivity index (χ2v) is 11.7. The monoisotopic (exact) mass is 594 g/mol. The number of hydrogen-bond donors (Lipinski definition) is 2. The zero-order valence-electron chi connectivity index (χ0n) is 26.6. The molecule has 0 spiro atoms. The fraction of sp³-hybridized carbons (Fsp3) is 0.531. The van der Waals surface area contributed by atoms with Crippen LogP contribution in [0.15, 0.2) is 34.7 Å². The third-order valence-electron chi connectivity index (χ3n) is 7.24. The van der Waals surface area contributed by atoms with Crippen molar-refractivity contribution in [2.45, 2.75) is 53.4 Å². The molecule has 234 valence electrons. The number of aryl methyl sites for hydroxylation is 1. The minimum Gasteiger partial charge on any atom is -0.476 e. The van der Waals surface area contributed by atoms with Gasteiger partial charge in [-0.1, -0.05) is 32.9 Å². The Morgan fingerprint density at radius 2 is 1.67 bits per heavy atom. The number of benzene rings is 1. The average Bonchev–Trinajstić information content (AvgIpc) is 3.43. The first kappa shape index (κ1) is 32.1. The van der Waals surface area contributed by atoms with E-state index in [1.54, 1.807) is 12.1 Å². The Labute approximate surface area is 254 Å². The third kappa shape index (κ3) is 8.84. The van der Waals surface area contributed by atoms with Crippen molar-refractivity contribution >= 4 is 17.5 Å². The number of anilines is 2. The van der Waals surface area contributed by atoms with Gasteiger partial charge in [0.1, 0.15) is 5.75 Å².